The van der Waals surface area contributed by atoms with Crippen molar-refractivity contribution in [1.82, 2.24) is 9.55 Å². The summed E-state index contributed by atoms with van der Waals surface area (Å²) in [4.78, 5) is 5.89. The minimum Gasteiger partial charge on any atom is -0.328 e. The molecule has 2 N–H and O–H groups in total. The minimum atomic E-state index is 0.178. The largest absolute Gasteiger partial charge is 0.328 e. The van der Waals surface area contributed by atoms with Gasteiger partial charge in [-0.05, 0) is 30.5 Å². The van der Waals surface area contributed by atoms with Gasteiger partial charge in [-0.15, -0.1) is 11.3 Å². The molecule has 0 aliphatic rings. The molecule has 3 nitrogen and oxygen atoms in total. The number of nitrogens with zero attached hydrogens (tertiary/aromatic N) is 2. The number of imidazole rings is 1. The van der Waals surface area contributed by atoms with Gasteiger partial charge in [0.25, 0.3) is 0 Å². The predicted octanol–water partition coefficient (Wildman–Crippen LogP) is 2.95. The molecule has 1 aromatic carbocycles. The first-order chi connectivity index (χ1) is 8.81. The summed E-state index contributed by atoms with van der Waals surface area (Å²) in [6, 6.07) is 12.6. The Labute approximate surface area is 110 Å². The van der Waals surface area contributed by atoms with Crippen molar-refractivity contribution in [2.24, 2.45) is 5.73 Å². The molecule has 0 spiro atoms. The Morgan fingerprint density at radius 1 is 1.28 bits per heavy atom. The van der Waals surface area contributed by atoms with E-state index in [9.17, 15) is 0 Å². The molecule has 0 bridgehead atoms. The predicted molar refractivity (Wildman–Crippen MR) is 76.0 cm³/mol. The SMILES string of the molecule is Cc1nc2ccccc2n1C(CN)c1cccs1. The van der Waals surface area contributed by atoms with Crippen molar-refractivity contribution in [2.45, 2.75) is 13.0 Å². The molecule has 4 heteroatoms. The second-order valence-electron chi connectivity index (χ2n) is 4.28. The lowest BCUT2D eigenvalue weighted by molar-refractivity contribution is 0.604. The van der Waals surface area contributed by atoms with Gasteiger partial charge in [0.2, 0.25) is 0 Å². The molecule has 0 amide bonds. The van der Waals surface area contributed by atoms with E-state index in [-0.39, 0.29) is 6.04 Å². The Balaban J connectivity index is 2.21. The first-order valence-electron chi connectivity index (χ1n) is 5.98. The van der Waals surface area contributed by atoms with Crippen molar-refractivity contribution in [3.05, 3.63) is 52.5 Å². The zero-order chi connectivity index (χ0) is 12.5. The van der Waals surface area contributed by atoms with Gasteiger partial charge in [-0.3, -0.25) is 0 Å². The molecule has 0 saturated carbocycles. The third-order valence-electron chi connectivity index (χ3n) is 3.18. The lowest BCUT2D eigenvalue weighted by atomic mass is 10.2. The van der Waals surface area contributed by atoms with Gasteiger partial charge in [0, 0.05) is 11.4 Å². The van der Waals surface area contributed by atoms with E-state index in [1.54, 1.807) is 11.3 Å². The highest BCUT2D eigenvalue weighted by atomic mass is 32.1. The third kappa shape index (κ3) is 1.74. The van der Waals surface area contributed by atoms with Gasteiger partial charge < -0.3 is 10.3 Å². The summed E-state index contributed by atoms with van der Waals surface area (Å²) in [5.74, 6) is 1.01. The maximum absolute atomic E-state index is 5.97. The lowest BCUT2D eigenvalue weighted by Gasteiger charge is -2.18. The van der Waals surface area contributed by atoms with Crippen LogP contribution in [0.15, 0.2) is 41.8 Å². The van der Waals surface area contributed by atoms with Crippen LogP contribution in [0, 0.1) is 6.92 Å². The zero-order valence-corrected chi connectivity index (χ0v) is 11.0. The average molecular weight is 257 g/mol. The van der Waals surface area contributed by atoms with Crippen LogP contribution in [-0.2, 0) is 0 Å². The van der Waals surface area contributed by atoms with Crippen LogP contribution in [0.25, 0.3) is 11.0 Å². The van der Waals surface area contributed by atoms with Crippen molar-refractivity contribution < 1.29 is 0 Å². The van der Waals surface area contributed by atoms with Gasteiger partial charge >= 0.3 is 0 Å². The Kier molecular flexibility index (Phi) is 2.89. The van der Waals surface area contributed by atoms with Crippen molar-refractivity contribution in [1.29, 1.82) is 0 Å². The molecule has 3 rings (SSSR count). The van der Waals surface area contributed by atoms with Crippen molar-refractivity contribution >= 4 is 22.4 Å². The molecule has 0 aliphatic heterocycles. The summed E-state index contributed by atoms with van der Waals surface area (Å²) in [5.41, 5.74) is 8.16. The number of hydrogen-bond acceptors (Lipinski definition) is 3. The second kappa shape index (κ2) is 4.55. The second-order valence-corrected chi connectivity index (χ2v) is 5.26. The minimum absolute atomic E-state index is 0.178. The highest BCUT2D eigenvalue weighted by Gasteiger charge is 2.18. The summed E-state index contributed by atoms with van der Waals surface area (Å²) >= 11 is 1.74. The zero-order valence-electron chi connectivity index (χ0n) is 10.2. The summed E-state index contributed by atoms with van der Waals surface area (Å²) in [5, 5.41) is 2.09. The van der Waals surface area contributed by atoms with Gasteiger partial charge in [-0.1, -0.05) is 18.2 Å². The number of fused-ring (bicyclic) bond motifs is 1. The Bertz CT molecular complexity index is 655. The summed E-state index contributed by atoms with van der Waals surface area (Å²) in [6.07, 6.45) is 0. The number of aryl methyl sites for hydroxylation is 1. The molecule has 1 unspecified atom stereocenters. The van der Waals surface area contributed by atoms with E-state index in [0.717, 1.165) is 16.9 Å². The maximum atomic E-state index is 5.97. The standard InChI is InChI=1S/C14H15N3S/c1-10-16-11-5-2-3-6-12(11)17(10)13(9-15)14-7-4-8-18-14/h2-8,13H,9,15H2,1H3. The molecular formula is C14H15N3S. The van der Waals surface area contributed by atoms with Gasteiger partial charge in [0.15, 0.2) is 0 Å². The van der Waals surface area contributed by atoms with Crippen LogP contribution in [0.3, 0.4) is 0 Å². The van der Waals surface area contributed by atoms with Crippen LogP contribution < -0.4 is 5.73 Å². The number of para-hydroxylation sites is 2. The van der Waals surface area contributed by atoms with Crippen LogP contribution >= 0.6 is 11.3 Å². The van der Waals surface area contributed by atoms with E-state index in [1.807, 2.05) is 25.1 Å². The summed E-state index contributed by atoms with van der Waals surface area (Å²) in [6.45, 7) is 2.62. The van der Waals surface area contributed by atoms with E-state index in [1.165, 1.54) is 4.88 Å². The van der Waals surface area contributed by atoms with Gasteiger partial charge in [0.1, 0.15) is 5.82 Å². The topological polar surface area (TPSA) is 43.8 Å². The van der Waals surface area contributed by atoms with E-state index < -0.39 is 0 Å². The van der Waals surface area contributed by atoms with Crippen LogP contribution in [0.2, 0.25) is 0 Å². The third-order valence-corrected chi connectivity index (χ3v) is 4.15. The molecule has 92 valence electrons. The molecule has 3 aromatic rings. The molecule has 2 aromatic heterocycles. The Morgan fingerprint density at radius 2 is 2.11 bits per heavy atom. The smallest absolute Gasteiger partial charge is 0.107 e. The fourth-order valence-electron chi connectivity index (χ4n) is 2.39. The number of nitrogens with two attached hydrogens (primary N) is 1. The maximum Gasteiger partial charge on any atom is 0.107 e. The molecule has 0 saturated heterocycles. The quantitative estimate of drug-likeness (QED) is 0.784. The number of thiophene rings is 1. The molecule has 0 aliphatic carbocycles. The number of rotatable bonds is 3. The summed E-state index contributed by atoms with van der Waals surface area (Å²) < 4.78 is 2.24. The van der Waals surface area contributed by atoms with Crippen molar-refractivity contribution in [3.63, 3.8) is 0 Å². The molecular weight excluding hydrogens is 242 g/mol. The van der Waals surface area contributed by atoms with Gasteiger partial charge in [-0.2, -0.15) is 0 Å². The number of aromatic nitrogens is 2. The number of hydrogen-bond donors (Lipinski definition) is 1. The Hall–Kier alpha value is -1.65. The van der Waals surface area contributed by atoms with Gasteiger partial charge in [0.05, 0.1) is 17.1 Å². The van der Waals surface area contributed by atoms with Crippen LogP contribution in [0.5, 0.6) is 0 Å². The fraction of sp³-hybridized carbons (Fsp3) is 0.214. The molecule has 0 fully saturated rings. The Morgan fingerprint density at radius 3 is 2.83 bits per heavy atom. The molecule has 1 atom stereocenters. The summed E-state index contributed by atoms with van der Waals surface area (Å²) in [7, 11) is 0. The van der Waals surface area contributed by atoms with Crippen LogP contribution in [0.4, 0.5) is 0 Å². The van der Waals surface area contributed by atoms with Gasteiger partial charge in [-0.25, -0.2) is 4.98 Å². The number of benzene rings is 1. The normalized spacial score (nSPS) is 13.0. The van der Waals surface area contributed by atoms with E-state index in [4.69, 9.17) is 5.73 Å². The molecule has 18 heavy (non-hydrogen) atoms. The van der Waals surface area contributed by atoms with Crippen LogP contribution in [-0.4, -0.2) is 16.1 Å². The van der Waals surface area contributed by atoms with Crippen molar-refractivity contribution in [2.75, 3.05) is 6.54 Å². The molecule has 0 radical (unpaired) electrons. The monoisotopic (exact) mass is 257 g/mol. The van der Waals surface area contributed by atoms with E-state index in [0.29, 0.717) is 6.54 Å². The molecule has 2 heterocycles. The van der Waals surface area contributed by atoms with E-state index >= 15 is 0 Å². The first-order valence-corrected chi connectivity index (χ1v) is 6.86. The van der Waals surface area contributed by atoms with Crippen molar-refractivity contribution in [3.8, 4) is 0 Å². The highest BCUT2D eigenvalue weighted by Crippen LogP contribution is 2.27. The van der Waals surface area contributed by atoms with E-state index in [2.05, 4.69) is 33.1 Å². The first kappa shape index (κ1) is 11.4. The highest BCUT2D eigenvalue weighted by molar-refractivity contribution is 7.10. The lowest BCUT2D eigenvalue weighted by Crippen LogP contribution is -2.20. The fourth-order valence-corrected chi connectivity index (χ4v) is 3.22. The average Bonchev–Trinajstić information content (AvgIpc) is 2.99. The van der Waals surface area contributed by atoms with Crippen LogP contribution in [0.1, 0.15) is 16.7 Å².